The first-order chi connectivity index (χ1) is 15.4. The number of thiophene rings is 2. The van der Waals surface area contributed by atoms with Crippen molar-refractivity contribution < 1.29 is 19.0 Å². The molecule has 0 aliphatic heterocycles. The molecule has 3 heterocycles. The molecule has 1 aromatic carbocycles. The summed E-state index contributed by atoms with van der Waals surface area (Å²) >= 11 is 3.03. The summed E-state index contributed by atoms with van der Waals surface area (Å²) in [5.41, 5.74) is 1.05. The predicted octanol–water partition coefficient (Wildman–Crippen LogP) is 4.16. The number of ether oxygens (including phenoxy) is 3. The maximum Gasteiger partial charge on any atom is 0.263 e. The molecule has 0 spiro atoms. The topological polar surface area (TPSA) is 91.7 Å². The molecule has 4 rings (SSSR count). The lowest BCUT2D eigenvalue weighted by Gasteiger charge is -2.14. The number of aryl methyl sites for hydroxylation is 1. The first kappa shape index (κ1) is 21.8. The number of carbonyl (C=O) groups excluding carboxylic acids is 1. The monoisotopic (exact) mass is 471 g/mol. The van der Waals surface area contributed by atoms with Crippen LogP contribution in [0.1, 0.15) is 4.88 Å². The minimum absolute atomic E-state index is 0.183. The average molecular weight is 472 g/mol. The van der Waals surface area contributed by atoms with Crippen LogP contribution in [-0.4, -0.2) is 36.8 Å². The van der Waals surface area contributed by atoms with Crippen molar-refractivity contribution >= 4 is 44.5 Å². The number of hydrogen-bond acceptors (Lipinski definition) is 8. The number of anilines is 1. The molecule has 0 aliphatic rings. The van der Waals surface area contributed by atoms with Gasteiger partial charge >= 0.3 is 0 Å². The lowest BCUT2D eigenvalue weighted by atomic mass is 10.2. The van der Waals surface area contributed by atoms with Crippen LogP contribution in [0.15, 0.2) is 40.8 Å². The molecule has 32 heavy (non-hydrogen) atoms. The Morgan fingerprint density at radius 1 is 1.12 bits per heavy atom. The zero-order valence-electron chi connectivity index (χ0n) is 17.9. The fraction of sp³-hybridized carbons (Fsp3) is 0.227. The minimum atomic E-state index is -0.383. The Balaban J connectivity index is 1.62. The maximum atomic E-state index is 13.2. The molecule has 1 amide bonds. The molecule has 10 heteroatoms. The summed E-state index contributed by atoms with van der Waals surface area (Å²) in [7, 11) is 4.50. The second-order valence-corrected chi connectivity index (χ2v) is 9.03. The first-order valence-electron chi connectivity index (χ1n) is 9.58. The number of aromatic nitrogens is 2. The van der Waals surface area contributed by atoms with E-state index < -0.39 is 0 Å². The van der Waals surface area contributed by atoms with Crippen molar-refractivity contribution in [1.82, 2.24) is 9.55 Å². The summed E-state index contributed by atoms with van der Waals surface area (Å²) in [6.45, 7) is 1.84. The molecule has 8 nitrogen and oxygen atoms in total. The normalized spacial score (nSPS) is 10.9. The molecule has 0 bridgehead atoms. The molecular formula is C22H21N3O5S2. The van der Waals surface area contributed by atoms with Crippen LogP contribution in [0.2, 0.25) is 0 Å². The van der Waals surface area contributed by atoms with Crippen LogP contribution in [-0.2, 0) is 11.3 Å². The second-order valence-electron chi connectivity index (χ2n) is 6.88. The third-order valence-electron chi connectivity index (χ3n) is 4.83. The largest absolute Gasteiger partial charge is 0.493 e. The number of hydrogen-bond donors (Lipinski definition) is 1. The molecule has 0 unspecified atom stereocenters. The van der Waals surface area contributed by atoms with E-state index >= 15 is 0 Å². The second kappa shape index (κ2) is 9.01. The standard InChI is InChI=1S/C22H21N3O5S2/c1-12-5-6-17(32-12)14-10-31-21-19(14)22(27)25(11-23-21)9-18(26)24-13-7-15(28-2)20(30-4)16(8-13)29-3/h5-8,10-11H,9H2,1-4H3,(H,24,26). The van der Waals surface area contributed by atoms with Gasteiger partial charge in [0, 0.05) is 38.5 Å². The average Bonchev–Trinajstić information content (AvgIpc) is 3.41. The Bertz CT molecular complexity index is 1330. The highest BCUT2D eigenvalue weighted by Gasteiger charge is 2.17. The highest BCUT2D eigenvalue weighted by atomic mass is 32.1. The fourth-order valence-corrected chi connectivity index (χ4v) is 5.21. The van der Waals surface area contributed by atoms with E-state index in [-0.39, 0.29) is 18.0 Å². The minimum Gasteiger partial charge on any atom is -0.493 e. The Kier molecular flexibility index (Phi) is 6.15. The Labute approximate surface area is 192 Å². The van der Waals surface area contributed by atoms with Crippen molar-refractivity contribution in [2.75, 3.05) is 26.6 Å². The summed E-state index contributed by atoms with van der Waals surface area (Å²) in [4.78, 5) is 33.1. The van der Waals surface area contributed by atoms with Crippen molar-refractivity contribution in [3.05, 3.63) is 51.2 Å². The third-order valence-corrected chi connectivity index (χ3v) is 6.75. The van der Waals surface area contributed by atoms with Crippen LogP contribution in [0.3, 0.4) is 0 Å². The number of fused-ring (bicyclic) bond motifs is 1. The number of nitrogens with zero attached hydrogens (tertiary/aromatic N) is 2. The molecule has 0 aliphatic carbocycles. The van der Waals surface area contributed by atoms with Crippen LogP contribution in [0, 0.1) is 6.92 Å². The number of rotatable bonds is 7. The molecule has 166 valence electrons. The quantitative estimate of drug-likeness (QED) is 0.435. The van der Waals surface area contributed by atoms with Gasteiger partial charge in [-0.25, -0.2) is 4.98 Å². The van der Waals surface area contributed by atoms with Gasteiger partial charge in [0.2, 0.25) is 11.7 Å². The summed E-state index contributed by atoms with van der Waals surface area (Å²) in [5.74, 6) is 0.868. The van der Waals surface area contributed by atoms with Crippen molar-refractivity contribution in [3.8, 4) is 27.7 Å². The van der Waals surface area contributed by atoms with Crippen LogP contribution in [0.5, 0.6) is 17.2 Å². The zero-order chi connectivity index (χ0) is 22.8. The number of carbonyl (C=O) groups is 1. The maximum absolute atomic E-state index is 13.2. The summed E-state index contributed by atoms with van der Waals surface area (Å²) < 4.78 is 17.2. The van der Waals surface area contributed by atoms with Gasteiger partial charge in [0.25, 0.3) is 5.56 Å². The van der Waals surface area contributed by atoms with Crippen LogP contribution < -0.4 is 25.1 Å². The van der Waals surface area contributed by atoms with Crippen LogP contribution in [0.25, 0.3) is 20.7 Å². The molecule has 4 aromatic rings. The SMILES string of the molecule is COc1cc(NC(=O)Cn2cnc3scc(-c4ccc(C)s4)c3c2=O)cc(OC)c1OC. The van der Waals surface area contributed by atoms with Gasteiger partial charge in [-0.2, -0.15) is 0 Å². The van der Waals surface area contributed by atoms with Gasteiger partial charge in [-0.05, 0) is 19.1 Å². The number of nitrogens with one attached hydrogen (secondary N) is 1. The van der Waals surface area contributed by atoms with Gasteiger partial charge in [0.15, 0.2) is 11.5 Å². The number of benzene rings is 1. The van der Waals surface area contributed by atoms with Crippen LogP contribution in [0.4, 0.5) is 5.69 Å². The van der Waals surface area contributed by atoms with E-state index in [2.05, 4.69) is 10.3 Å². The van der Waals surface area contributed by atoms with Crippen molar-refractivity contribution in [2.45, 2.75) is 13.5 Å². The molecule has 1 N–H and O–H groups in total. The van der Waals surface area contributed by atoms with E-state index in [1.54, 1.807) is 23.5 Å². The van der Waals surface area contributed by atoms with Crippen LogP contribution >= 0.6 is 22.7 Å². The lowest BCUT2D eigenvalue weighted by molar-refractivity contribution is -0.116. The van der Waals surface area contributed by atoms with E-state index in [0.717, 1.165) is 15.3 Å². The van der Waals surface area contributed by atoms with Gasteiger partial charge in [-0.3, -0.25) is 14.2 Å². The van der Waals surface area contributed by atoms with E-state index in [1.807, 2.05) is 24.4 Å². The van der Waals surface area contributed by atoms with E-state index in [9.17, 15) is 9.59 Å². The fourth-order valence-electron chi connectivity index (χ4n) is 3.35. The summed E-state index contributed by atoms with van der Waals surface area (Å²) in [5, 5.41) is 5.24. The lowest BCUT2D eigenvalue weighted by Crippen LogP contribution is -2.27. The zero-order valence-corrected chi connectivity index (χ0v) is 19.6. The first-order valence-corrected chi connectivity index (χ1v) is 11.3. The van der Waals surface area contributed by atoms with E-state index in [0.29, 0.717) is 33.2 Å². The third kappa shape index (κ3) is 4.06. The molecule has 0 saturated heterocycles. The van der Waals surface area contributed by atoms with Crippen molar-refractivity contribution in [1.29, 1.82) is 0 Å². The van der Waals surface area contributed by atoms with Gasteiger partial charge < -0.3 is 19.5 Å². The van der Waals surface area contributed by atoms with E-state index in [4.69, 9.17) is 14.2 Å². The molecule has 0 saturated carbocycles. The van der Waals surface area contributed by atoms with Crippen molar-refractivity contribution in [2.24, 2.45) is 0 Å². The molecule has 3 aromatic heterocycles. The summed E-state index contributed by atoms with van der Waals surface area (Å²) in [6.07, 6.45) is 1.40. The summed E-state index contributed by atoms with van der Waals surface area (Å²) in [6, 6.07) is 7.26. The van der Waals surface area contributed by atoms with Gasteiger partial charge in [-0.1, -0.05) is 0 Å². The Hall–Kier alpha value is -3.37. The Morgan fingerprint density at radius 3 is 2.44 bits per heavy atom. The smallest absolute Gasteiger partial charge is 0.263 e. The van der Waals surface area contributed by atoms with Gasteiger partial charge in [-0.15, -0.1) is 22.7 Å². The number of methoxy groups -OCH3 is 3. The van der Waals surface area contributed by atoms with Crippen molar-refractivity contribution in [3.63, 3.8) is 0 Å². The van der Waals surface area contributed by atoms with Gasteiger partial charge in [0.1, 0.15) is 11.4 Å². The molecule has 0 radical (unpaired) electrons. The predicted molar refractivity (Wildman–Crippen MR) is 127 cm³/mol. The highest BCUT2D eigenvalue weighted by Crippen LogP contribution is 2.40. The van der Waals surface area contributed by atoms with E-state index in [1.165, 1.54) is 43.6 Å². The molecular weight excluding hydrogens is 450 g/mol. The highest BCUT2D eigenvalue weighted by molar-refractivity contribution is 7.19. The Morgan fingerprint density at radius 2 is 1.84 bits per heavy atom. The number of amides is 1. The van der Waals surface area contributed by atoms with Gasteiger partial charge in [0.05, 0.1) is 33.0 Å². The molecule has 0 fully saturated rings. The molecule has 0 atom stereocenters.